The van der Waals surface area contributed by atoms with Crippen molar-refractivity contribution in [2.75, 3.05) is 0 Å². The van der Waals surface area contributed by atoms with Crippen LogP contribution in [0.1, 0.15) is 5.69 Å². The molecule has 0 atom stereocenters. The van der Waals surface area contributed by atoms with Crippen LogP contribution in [0.2, 0.25) is 0 Å². The summed E-state index contributed by atoms with van der Waals surface area (Å²) in [5.74, 6) is 0. The Bertz CT molecular complexity index is 1050. The van der Waals surface area contributed by atoms with E-state index in [9.17, 15) is 4.79 Å². The van der Waals surface area contributed by atoms with Gasteiger partial charge in [0.15, 0.2) is 0 Å². The van der Waals surface area contributed by atoms with Crippen LogP contribution in [0.15, 0.2) is 83.8 Å². The monoisotopic (exact) mass is 313 g/mol. The van der Waals surface area contributed by atoms with E-state index < -0.39 is 0 Å². The molecule has 24 heavy (non-hydrogen) atoms. The van der Waals surface area contributed by atoms with E-state index in [1.807, 2.05) is 36.4 Å². The minimum atomic E-state index is -0.134. The van der Waals surface area contributed by atoms with Gasteiger partial charge in [-0.05, 0) is 35.0 Å². The van der Waals surface area contributed by atoms with Crippen LogP contribution in [0.4, 0.5) is 0 Å². The zero-order valence-electron chi connectivity index (χ0n) is 13.0. The molecule has 0 aliphatic carbocycles. The van der Waals surface area contributed by atoms with Crippen LogP contribution in [-0.2, 0) is 6.54 Å². The maximum absolute atomic E-state index is 12.1. The Balaban J connectivity index is 1.75. The lowest BCUT2D eigenvalue weighted by atomic mass is 10.1. The van der Waals surface area contributed by atoms with Crippen molar-refractivity contribution in [3.63, 3.8) is 0 Å². The number of hydrogen-bond acceptors (Lipinski definition) is 3. The Hall–Kier alpha value is -3.27. The Kier molecular flexibility index (Phi) is 3.63. The molecule has 2 heterocycles. The second-order valence-corrected chi connectivity index (χ2v) is 5.60. The van der Waals surface area contributed by atoms with Crippen LogP contribution in [0.5, 0.6) is 0 Å². The zero-order chi connectivity index (χ0) is 16.4. The van der Waals surface area contributed by atoms with E-state index >= 15 is 0 Å². The lowest BCUT2D eigenvalue weighted by molar-refractivity contribution is 0.631. The second kappa shape index (κ2) is 6.08. The molecule has 0 fully saturated rings. The number of rotatable bonds is 3. The Morgan fingerprint density at radius 2 is 1.67 bits per heavy atom. The predicted molar refractivity (Wildman–Crippen MR) is 94.8 cm³/mol. The molecule has 0 aliphatic heterocycles. The normalized spacial score (nSPS) is 10.8. The number of fused-ring (bicyclic) bond motifs is 1. The molecule has 0 spiro atoms. The summed E-state index contributed by atoms with van der Waals surface area (Å²) in [6, 6.07) is 23.3. The molecule has 4 aromatic rings. The van der Waals surface area contributed by atoms with Crippen molar-refractivity contribution in [2.24, 2.45) is 0 Å². The molecule has 116 valence electrons. The lowest BCUT2D eigenvalue weighted by Gasteiger charge is -2.08. The molecular formula is C20H15N3O. The smallest absolute Gasteiger partial charge is 0.267 e. The quantitative estimate of drug-likeness (QED) is 0.581. The minimum absolute atomic E-state index is 0.134. The maximum Gasteiger partial charge on any atom is 0.267 e. The third kappa shape index (κ3) is 2.82. The Labute approximate surface area is 139 Å². The molecule has 4 rings (SSSR count). The highest BCUT2D eigenvalue weighted by Crippen LogP contribution is 2.22. The highest BCUT2D eigenvalue weighted by molar-refractivity contribution is 5.86. The van der Waals surface area contributed by atoms with Crippen LogP contribution < -0.4 is 5.56 Å². The second-order valence-electron chi connectivity index (χ2n) is 5.60. The highest BCUT2D eigenvalue weighted by atomic mass is 16.1. The first-order valence-corrected chi connectivity index (χ1v) is 7.77. The van der Waals surface area contributed by atoms with Gasteiger partial charge in [0.2, 0.25) is 0 Å². The number of hydrogen-bond donors (Lipinski definition) is 0. The van der Waals surface area contributed by atoms with Gasteiger partial charge in [0.05, 0.1) is 17.9 Å². The van der Waals surface area contributed by atoms with E-state index in [2.05, 4.69) is 34.3 Å². The summed E-state index contributed by atoms with van der Waals surface area (Å²) in [5, 5.41) is 6.84. The van der Waals surface area contributed by atoms with Crippen molar-refractivity contribution in [3.05, 3.63) is 95.0 Å². The highest BCUT2D eigenvalue weighted by Gasteiger charge is 2.05. The summed E-state index contributed by atoms with van der Waals surface area (Å²) >= 11 is 0. The van der Waals surface area contributed by atoms with E-state index in [4.69, 9.17) is 0 Å². The first-order valence-electron chi connectivity index (χ1n) is 7.77. The summed E-state index contributed by atoms with van der Waals surface area (Å²) in [6.45, 7) is 0.362. The molecule has 0 radical (unpaired) electrons. The standard InChI is InChI=1S/C20H15N3O/c24-20-11-10-19(22-23(20)14-18-7-3-4-12-21-18)17-9-8-15-5-1-2-6-16(15)13-17/h1-13H,14H2. The molecular weight excluding hydrogens is 298 g/mol. The SMILES string of the molecule is O=c1ccc(-c2ccc3ccccc3c2)nn1Cc1ccccn1. The van der Waals surface area contributed by atoms with Gasteiger partial charge in [0.1, 0.15) is 0 Å². The molecule has 0 N–H and O–H groups in total. The summed E-state index contributed by atoms with van der Waals surface area (Å²) in [6.07, 6.45) is 1.72. The molecule has 0 saturated heterocycles. The molecule has 0 amide bonds. The van der Waals surface area contributed by atoms with Crippen molar-refractivity contribution in [3.8, 4) is 11.3 Å². The van der Waals surface area contributed by atoms with E-state index in [1.54, 1.807) is 18.3 Å². The van der Waals surface area contributed by atoms with Crippen LogP contribution in [0.3, 0.4) is 0 Å². The third-order valence-electron chi connectivity index (χ3n) is 3.95. The molecule has 0 unspecified atom stereocenters. The van der Waals surface area contributed by atoms with Crippen LogP contribution >= 0.6 is 0 Å². The molecule has 0 bridgehead atoms. The summed E-state index contributed by atoms with van der Waals surface area (Å²) in [5.41, 5.74) is 2.44. The van der Waals surface area contributed by atoms with Crippen molar-refractivity contribution in [2.45, 2.75) is 6.54 Å². The van der Waals surface area contributed by atoms with Gasteiger partial charge >= 0.3 is 0 Å². The lowest BCUT2D eigenvalue weighted by Crippen LogP contribution is -2.23. The first-order chi connectivity index (χ1) is 11.8. The fraction of sp³-hybridized carbons (Fsp3) is 0.0500. The third-order valence-corrected chi connectivity index (χ3v) is 3.95. The van der Waals surface area contributed by atoms with Crippen molar-refractivity contribution < 1.29 is 0 Å². The Morgan fingerprint density at radius 1 is 0.833 bits per heavy atom. The van der Waals surface area contributed by atoms with Crippen LogP contribution in [-0.4, -0.2) is 14.8 Å². The molecule has 0 aliphatic rings. The van der Waals surface area contributed by atoms with Gasteiger partial charge in [0, 0.05) is 17.8 Å². The van der Waals surface area contributed by atoms with E-state index in [1.165, 1.54) is 10.1 Å². The fourth-order valence-electron chi connectivity index (χ4n) is 2.71. The number of aromatic nitrogens is 3. The Morgan fingerprint density at radius 3 is 2.50 bits per heavy atom. The van der Waals surface area contributed by atoms with Crippen molar-refractivity contribution in [1.82, 2.24) is 14.8 Å². The van der Waals surface area contributed by atoms with Gasteiger partial charge in [-0.1, -0.05) is 42.5 Å². The molecule has 0 saturated carbocycles. The van der Waals surface area contributed by atoms with E-state index in [0.717, 1.165) is 22.3 Å². The zero-order valence-corrected chi connectivity index (χ0v) is 13.0. The number of benzene rings is 2. The largest absolute Gasteiger partial charge is 0.268 e. The molecule has 2 aromatic heterocycles. The van der Waals surface area contributed by atoms with E-state index in [0.29, 0.717) is 6.54 Å². The first kappa shape index (κ1) is 14.3. The molecule has 2 aromatic carbocycles. The van der Waals surface area contributed by atoms with Crippen LogP contribution in [0, 0.1) is 0 Å². The van der Waals surface area contributed by atoms with Gasteiger partial charge in [-0.15, -0.1) is 0 Å². The average Bonchev–Trinajstić information content (AvgIpc) is 2.64. The maximum atomic E-state index is 12.1. The predicted octanol–water partition coefficient (Wildman–Crippen LogP) is 3.51. The summed E-state index contributed by atoms with van der Waals surface area (Å²) in [7, 11) is 0. The van der Waals surface area contributed by atoms with Gasteiger partial charge in [-0.3, -0.25) is 9.78 Å². The number of nitrogens with zero attached hydrogens (tertiary/aromatic N) is 3. The summed E-state index contributed by atoms with van der Waals surface area (Å²) in [4.78, 5) is 16.4. The van der Waals surface area contributed by atoms with E-state index in [-0.39, 0.29) is 5.56 Å². The fourth-order valence-corrected chi connectivity index (χ4v) is 2.71. The van der Waals surface area contributed by atoms with Crippen molar-refractivity contribution >= 4 is 10.8 Å². The molecule has 4 heteroatoms. The van der Waals surface area contributed by atoms with Gasteiger partial charge in [-0.25, -0.2) is 4.68 Å². The van der Waals surface area contributed by atoms with Gasteiger partial charge < -0.3 is 0 Å². The number of pyridine rings is 1. The van der Waals surface area contributed by atoms with Gasteiger partial charge in [0.25, 0.3) is 5.56 Å². The average molecular weight is 313 g/mol. The van der Waals surface area contributed by atoms with Gasteiger partial charge in [-0.2, -0.15) is 5.10 Å². The summed E-state index contributed by atoms with van der Waals surface area (Å²) < 4.78 is 1.45. The van der Waals surface area contributed by atoms with Crippen molar-refractivity contribution in [1.29, 1.82) is 0 Å². The van der Waals surface area contributed by atoms with Crippen LogP contribution in [0.25, 0.3) is 22.0 Å². The minimum Gasteiger partial charge on any atom is -0.268 e. The molecule has 4 nitrogen and oxygen atoms in total. The topological polar surface area (TPSA) is 47.8 Å².